The van der Waals surface area contributed by atoms with Crippen LogP contribution in [-0.2, 0) is 0 Å². The van der Waals surface area contributed by atoms with Crippen LogP contribution < -0.4 is 5.32 Å². The lowest BCUT2D eigenvalue weighted by Gasteiger charge is -2.14. The number of hydrogen-bond donors (Lipinski definition) is 1. The summed E-state index contributed by atoms with van der Waals surface area (Å²) in [6, 6.07) is 1.91. The molecule has 1 unspecified atom stereocenters. The summed E-state index contributed by atoms with van der Waals surface area (Å²) in [5, 5.41) is 7.41. The fourth-order valence-electron chi connectivity index (χ4n) is 1.52. The van der Waals surface area contributed by atoms with Crippen LogP contribution in [0.15, 0.2) is 21.2 Å². The summed E-state index contributed by atoms with van der Waals surface area (Å²) in [5.41, 5.74) is 0.944. The Morgan fingerprint density at radius 2 is 2.44 bits per heavy atom. The standard InChI is InChI=1S/C10H12BrN3OS/c1-3-12-8(9-7(11)4-5-15-9)10-6(2)13-14-16-10/h4-5,8,12H,3H2,1-2H3. The van der Waals surface area contributed by atoms with E-state index in [2.05, 4.69) is 37.8 Å². The lowest BCUT2D eigenvalue weighted by Crippen LogP contribution is -2.21. The Morgan fingerprint density at radius 1 is 1.62 bits per heavy atom. The first-order valence-corrected chi connectivity index (χ1v) is 6.55. The van der Waals surface area contributed by atoms with Crippen molar-refractivity contribution < 1.29 is 4.42 Å². The third-order valence-corrected chi connectivity index (χ3v) is 3.81. The molecule has 2 heterocycles. The molecule has 0 saturated carbocycles. The minimum Gasteiger partial charge on any atom is -0.466 e. The molecule has 0 fully saturated rings. The lowest BCUT2D eigenvalue weighted by atomic mass is 10.1. The number of nitrogens with zero attached hydrogens (tertiary/aromatic N) is 2. The molecule has 0 spiro atoms. The Balaban J connectivity index is 2.39. The second-order valence-corrected chi connectivity index (χ2v) is 4.99. The van der Waals surface area contributed by atoms with Gasteiger partial charge >= 0.3 is 0 Å². The van der Waals surface area contributed by atoms with Gasteiger partial charge in [-0.25, -0.2) is 0 Å². The van der Waals surface area contributed by atoms with Crippen molar-refractivity contribution in [1.29, 1.82) is 0 Å². The number of rotatable bonds is 4. The molecule has 0 bridgehead atoms. The van der Waals surface area contributed by atoms with Crippen LogP contribution in [0, 0.1) is 6.92 Å². The molecule has 0 aliphatic carbocycles. The fraction of sp³-hybridized carbons (Fsp3) is 0.400. The second kappa shape index (κ2) is 5.07. The van der Waals surface area contributed by atoms with Crippen molar-refractivity contribution in [3.8, 4) is 0 Å². The average molecular weight is 302 g/mol. The van der Waals surface area contributed by atoms with Gasteiger partial charge in [-0.05, 0) is 47.0 Å². The van der Waals surface area contributed by atoms with Gasteiger partial charge in [0.2, 0.25) is 0 Å². The SMILES string of the molecule is CCNC(c1occc1Br)c1snnc1C. The van der Waals surface area contributed by atoms with Crippen molar-refractivity contribution in [2.75, 3.05) is 6.54 Å². The molecule has 2 aromatic rings. The maximum absolute atomic E-state index is 5.50. The highest BCUT2D eigenvalue weighted by Crippen LogP contribution is 2.32. The predicted octanol–water partition coefficient (Wildman–Crippen LogP) is 2.90. The molecule has 1 N–H and O–H groups in total. The number of nitrogens with one attached hydrogen (secondary N) is 1. The normalized spacial score (nSPS) is 12.9. The van der Waals surface area contributed by atoms with Crippen molar-refractivity contribution in [3.63, 3.8) is 0 Å². The largest absolute Gasteiger partial charge is 0.466 e. The summed E-state index contributed by atoms with van der Waals surface area (Å²) in [5.74, 6) is 0.871. The molecule has 0 radical (unpaired) electrons. The Morgan fingerprint density at radius 3 is 2.94 bits per heavy atom. The van der Waals surface area contributed by atoms with Gasteiger partial charge in [-0.2, -0.15) is 0 Å². The Bertz CT molecular complexity index is 428. The van der Waals surface area contributed by atoms with Crippen LogP contribution in [0.1, 0.15) is 29.3 Å². The first kappa shape index (κ1) is 11.8. The quantitative estimate of drug-likeness (QED) is 0.943. The summed E-state index contributed by atoms with van der Waals surface area (Å²) in [7, 11) is 0. The molecule has 0 aromatic carbocycles. The Hall–Kier alpha value is -0.720. The van der Waals surface area contributed by atoms with Crippen LogP contribution in [0.2, 0.25) is 0 Å². The minimum atomic E-state index is 0.0226. The van der Waals surface area contributed by atoms with Gasteiger partial charge in [-0.1, -0.05) is 11.4 Å². The van der Waals surface area contributed by atoms with E-state index < -0.39 is 0 Å². The van der Waals surface area contributed by atoms with Crippen LogP contribution in [-0.4, -0.2) is 16.1 Å². The first-order chi connectivity index (χ1) is 7.74. The Kier molecular flexibility index (Phi) is 3.73. The molecule has 2 aromatic heterocycles. The third-order valence-electron chi connectivity index (χ3n) is 2.26. The summed E-state index contributed by atoms with van der Waals surface area (Å²) in [4.78, 5) is 1.09. The van der Waals surface area contributed by atoms with Crippen LogP contribution in [0.3, 0.4) is 0 Å². The fourth-order valence-corrected chi connectivity index (χ4v) is 2.67. The van der Waals surface area contributed by atoms with Gasteiger partial charge in [0.1, 0.15) is 11.8 Å². The zero-order chi connectivity index (χ0) is 11.5. The first-order valence-electron chi connectivity index (χ1n) is 4.99. The van der Waals surface area contributed by atoms with Gasteiger partial charge in [-0.3, -0.25) is 0 Å². The van der Waals surface area contributed by atoms with Gasteiger partial charge in [0.15, 0.2) is 0 Å². The number of hydrogen-bond acceptors (Lipinski definition) is 5. The maximum Gasteiger partial charge on any atom is 0.140 e. The number of aryl methyl sites for hydroxylation is 1. The van der Waals surface area contributed by atoms with Gasteiger partial charge in [-0.15, -0.1) is 5.10 Å². The summed E-state index contributed by atoms with van der Waals surface area (Å²) >= 11 is 4.88. The smallest absolute Gasteiger partial charge is 0.140 e. The third kappa shape index (κ3) is 2.18. The van der Waals surface area contributed by atoms with Crippen molar-refractivity contribution in [2.24, 2.45) is 0 Å². The molecule has 0 saturated heterocycles. The van der Waals surface area contributed by atoms with E-state index in [0.717, 1.165) is 27.3 Å². The maximum atomic E-state index is 5.50. The zero-order valence-electron chi connectivity index (χ0n) is 9.03. The molecule has 4 nitrogen and oxygen atoms in total. The van der Waals surface area contributed by atoms with E-state index in [9.17, 15) is 0 Å². The van der Waals surface area contributed by atoms with E-state index in [4.69, 9.17) is 4.42 Å². The Labute approximate surface area is 106 Å². The van der Waals surface area contributed by atoms with Crippen LogP contribution in [0.5, 0.6) is 0 Å². The van der Waals surface area contributed by atoms with E-state index in [1.54, 1.807) is 6.26 Å². The molecular formula is C10H12BrN3OS. The zero-order valence-corrected chi connectivity index (χ0v) is 11.4. The number of furan rings is 1. The van der Waals surface area contributed by atoms with E-state index >= 15 is 0 Å². The monoisotopic (exact) mass is 301 g/mol. The van der Waals surface area contributed by atoms with E-state index in [1.807, 2.05) is 13.0 Å². The molecule has 1 atom stereocenters. The lowest BCUT2D eigenvalue weighted by molar-refractivity contribution is 0.452. The van der Waals surface area contributed by atoms with Crippen molar-refractivity contribution in [2.45, 2.75) is 19.9 Å². The van der Waals surface area contributed by atoms with Crippen LogP contribution in [0.4, 0.5) is 0 Å². The molecule has 16 heavy (non-hydrogen) atoms. The summed E-state index contributed by atoms with van der Waals surface area (Å²) in [6.45, 7) is 4.88. The van der Waals surface area contributed by atoms with Crippen molar-refractivity contribution in [1.82, 2.24) is 14.9 Å². The van der Waals surface area contributed by atoms with Crippen LogP contribution in [0.25, 0.3) is 0 Å². The highest BCUT2D eigenvalue weighted by atomic mass is 79.9. The number of aromatic nitrogens is 2. The molecule has 0 aliphatic heterocycles. The topological polar surface area (TPSA) is 51.0 Å². The van der Waals surface area contributed by atoms with Crippen LogP contribution >= 0.6 is 27.5 Å². The van der Waals surface area contributed by atoms with Gasteiger partial charge in [0, 0.05) is 0 Å². The summed E-state index contributed by atoms with van der Waals surface area (Å²) in [6.07, 6.45) is 1.67. The van der Waals surface area contributed by atoms with Gasteiger partial charge in [0.05, 0.1) is 21.3 Å². The highest BCUT2D eigenvalue weighted by Gasteiger charge is 2.23. The number of halogens is 1. The molecule has 6 heteroatoms. The van der Waals surface area contributed by atoms with Crippen molar-refractivity contribution >= 4 is 27.5 Å². The molecular weight excluding hydrogens is 290 g/mol. The minimum absolute atomic E-state index is 0.0226. The summed E-state index contributed by atoms with van der Waals surface area (Å²) < 4.78 is 10.4. The van der Waals surface area contributed by atoms with Gasteiger partial charge < -0.3 is 9.73 Å². The van der Waals surface area contributed by atoms with Crippen molar-refractivity contribution in [3.05, 3.63) is 33.1 Å². The molecule has 86 valence electrons. The average Bonchev–Trinajstić information content (AvgIpc) is 2.84. The van der Waals surface area contributed by atoms with E-state index in [0.29, 0.717) is 0 Å². The molecule has 0 aliphatic rings. The van der Waals surface area contributed by atoms with Gasteiger partial charge in [0.25, 0.3) is 0 Å². The van der Waals surface area contributed by atoms with E-state index in [-0.39, 0.29) is 6.04 Å². The predicted molar refractivity (Wildman–Crippen MR) is 66.6 cm³/mol. The second-order valence-electron chi connectivity index (χ2n) is 3.35. The molecule has 2 rings (SSSR count). The van der Waals surface area contributed by atoms with E-state index in [1.165, 1.54) is 11.5 Å². The highest BCUT2D eigenvalue weighted by molar-refractivity contribution is 9.10. The molecule has 0 amide bonds.